The Morgan fingerprint density at radius 1 is 0.951 bits per heavy atom. The van der Waals surface area contributed by atoms with Crippen molar-refractivity contribution in [2.24, 2.45) is 17.8 Å². The summed E-state index contributed by atoms with van der Waals surface area (Å²) in [6.07, 6.45) is 6.89. The molecule has 3 atom stereocenters. The van der Waals surface area contributed by atoms with Crippen molar-refractivity contribution < 1.29 is 17.9 Å². The number of carbonyl (C=O) groups is 1. The highest BCUT2D eigenvalue weighted by Gasteiger charge is 2.49. The fraction of sp³-hybridized carbons (Fsp3) is 0.606. The van der Waals surface area contributed by atoms with E-state index in [4.69, 9.17) is 4.74 Å². The number of nitrogens with zero attached hydrogens (tertiary/aromatic N) is 2. The van der Waals surface area contributed by atoms with Gasteiger partial charge >= 0.3 is 6.09 Å². The van der Waals surface area contributed by atoms with E-state index in [0.29, 0.717) is 22.6 Å². The molecule has 4 aliphatic rings. The van der Waals surface area contributed by atoms with Crippen LogP contribution < -0.4 is 10.2 Å². The first-order valence-corrected chi connectivity index (χ1v) is 17.0. The molecule has 2 saturated carbocycles. The fourth-order valence-corrected chi connectivity index (χ4v) is 9.66. The average Bonchev–Trinajstić information content (AvgIpc) is 3.75. The molecule has 222 valence electrons. The molecule has 2 aromatic rings. The smallest absolute Gasteiger partial charge is 0.407 e. The van der Waals surface area contributed by atoms with Crippen molar-refractivity contribution in [2.45, 2.75) is 73.5 Å². The standard InChI is InChI=1S/C33H45N3O4S/c1-33(25-7-4-3-5-8-25,30-9-6-10-31(30)34-32(37)40-2)26-17-19-35(20-18-26)21-24-22-36(23-24)27-11-13-28(14-12-27)41(38,39)29-15-16-29/h3-5,7-8,11-14,24,26,29-31H,6,9-10,15-23H2,1-2H3,(H,34,37)/t30-,31-,33?/m0/s1. The number of hydrogen-bond acceptors (Lipinski definition) is 6. The number of carbonyl (C=O) groups excluding carboxylic acids is 1. The van der Waals surface area contributed by atoms with Crippen LogP contribution in [0.25, 0.3) is 0 Å². The van der Waals surface area contributed by atoms with Crippen molar-refractivity contribution in [3.8, 4) is 0 Å². The van der Waals surface area contributed by atoms with E-state index >= 15 is 0 Å². The molecule has 1 amide bonds. The summed E-state index contributed by atoms with van der Waals surface area (Å²) in [5.74, 6) is 1.60. The summed E-state index contributed by atoms with van der Waals surface area (Å²) in [6.45, 7) is 7.85. The van der Waals surface area contributed by atoms with Crippen LogP contribution in [-0.2, 0) is 20.0 Å². The van der Waals surface area contributed by atoms with Crippen LogP contribution in [0.15, 0.2) is 59.5 Å². The number of ether oxygens (including phenoxy) is 1. The average molecular weight is 580 g/mol. The van der Waals surface area contributed by atoms with Crippen molar-refractivity contribution in [3.63, 3.8) is 0 Å². The number of methoxy groups -OCH3 is 1. The first-order chi connectivity index (χ1) is 19.8. The largest absolute Gasteiger partial charge is 0.453 e. The van der Waals surface area contributed by atoms with E-state index in [-0.39, 0.29) is 22.8 Å². The first-order valence-electron chi connectivity index (χ1n) is 15.5. The zero-order valence-electron chi connectivity index (χ0n) is 24.5. The lowest BCUT2D eigenvalue weighted by Gasteiger charge is -2.49. The third-order valence-corrected chi connectivity index (χ3v) is 12.9. The molecule has 2 aliphatic heterocycles. The molecule has 2 aliphatic carbocycles. The van der Waals surface area contributed by atoms with Gasteiger partial charge in [0.25, 0.3) is 0 Å². The topological polar surface area (TPSA) is 79.0 Å². The SMILES string of the molecule is COC(=O)N[C@H]1CCC[C@@H]1C(C)(c1ccccc1)C1CCN(CC2CN(c3ccc(S(=O)(=O)C4CC4)cc3)C2)CC1. The number of alkyl carbamates (subject to hydrolysis) is 1. The van der Waals surface area contributed by atoms with Gasteiger partial charge in [-0.05, 0) is 93.3 Å². The van der Waals surface area contributed by atoms with E-state index in [1.165, 1.54) is 25.5 Å². The molecule has 6 rings (SSSR count). The molecular weight excluding hydrogens is 534 g/mol. The van der Waals surface area contributed by atoms with Gasteiger partial charge < -0.3 is 19.9 Å². The highest BCUT2D eigenvalue weighted by Crippen LogP contribution is 2.50. The van der Waals surface area contributed by atoms with E-state index in [0.717, 1.165) is 70.5 Å². The number of rotatable bonds is 9. The van der Waals surface area contributed by atoms with Gasteiger partial charge in [-0.3, -0.25) is 0 Å². The van der Waals surface area contributed by atoms with Gasteiger partial charge in [0, 0.05) is 42.7 Å². The van der Waals surface area contributed by atoms with Gasteiger partial charge in [0.15, 0.2) is 9.84 Å². The summed E-state index contributed by atoms with van der Waals surface area (Å²) < 4.78 is 30.0. The van der Waals surface area contributed by atoms with Gasteiger partial charge in [0.2, 0.25) is 0 Å². The van der Waals surface area contributed by atoms with Gasteiger partial charge in [0.1, 0.15) is 0 Å². The summed E-state index contributed by atoms with van der Waals surface area (Å²) >= 11 is 0. The van der Waals surface area contributed by atoms with Crippen molar-refractivity contribution >= 4 is 21.6 Å². The molecule has 0 radical (unpaired) electrons. The van der Waals surface area contributed by atoms with Crippen molar-refractivity contribution in [1.82, 2.24) is 10.2 Å². The van der Waals surface area contributed by atoms with Crippen molar-refractivity contribution in [3.05, 3.63) is 60.2 Å². The van der Waals surface area contributed by atoms with Crippen LogP contribution in [0, 0.1) is 17.8 Å². The maximum Gasteiger partial charge on any atom is 0.407 e. The summed E-state index contributed by atoms with van der Waals surface area (Å²) in [6, 6.07) is 18.7. The van der Waals surface area contributed by atoms with Gasteiger partial charge in [0.05, 0.1) is 17.3 Å². The first kappa shape index (κ1) is 28.5. The number of piperidine rings is 1. The highest BCUT2D eigenvalue weighted by atomic mass is 32.2. The summed E-state index contributed by atoms with van der Waals surface area (Å²) in [5.41, 5.74) is 2.52. The van der Waals surface area contributed by atoms with Crippen LogP contribution in [0.3, 0.4) is 0 Å². The monoisotopic (exact) mass is 579 g/mol. The summed E-state index contributed by atoms with van der Waals surface area (Å²) in [4.78, 5) is 17.6. The Labute approximate surface area is 245 Å². The van der Waals surface area contributed by atoms with E-state index in [1.54, 1.807) is 12.1 Å². The molecule has 0 spiro atoms. The number of likely N-dealkylation sites (tertiary alicyclic amines) is 1. The predicted octanol–water partition coefficient (Wildman–Crippen LogP) is 5.25. The normalized spacial score (nSPS) is 25.9. The van der Waals surface area contributed by atoms with Crippen molar-refractivity contribution in [1.29, 1.82) is 0 Å². The van der Waals surface area contributed by atoms with Gasteiger partial charge in [-0.1, -0.05) is 43.7 Å². The Morgan fingerprint density at radius 2 is 1.63 bits per heavy atom. The summed E-state index contributed by atoms with van der Waals surface area (Å²) in [5, 5.41) is 3.01. The maximum absolute atomic E-state index is 12.5. The molecule has 0 aromatic heterocycles. The predicted molar refractivity (Wildman–Crippen MR) is 162 cm³/mol. The third-order valence-electron chi connectivity index (χ3n) is 10.6. The summed E-state index contributed by atoms with van der Waals surface area (Å²) in [7, 11) is -1.68. The zero-order chi connectivity index (χ0) is 28.6. The third kappa shape index (κ3) is 5.74. The number of hydrogen-bond donors (Lipinski definition) is 1. The minimum Gasteiger partial charge on any atom is -0.453 e. The molecule has 1 N–H and O–H groups in total. The number of sulfone groups is 1. The molecule has 2 saturated heterocycles. The Balaban J connectivity index is 1.05. The van der Waals surface area contributed by atoms with E-state index in [9.17, 15) is 13.2 Å². The zero-order valence-corrected chi connectivity index (χ0v) is 25.3. The highest BCUT2D eigenvalue weighted by molar-refractivity contribution is 7.92. The Hall–Kier alpha value is -2.58. The molecule has 2 heterocycles. The second kappa shape index (κ2) is 11.6. The van der Waals surface area contributed by atoms with Gasteiger partial charge in [-0.25, -0.2) is 13.2 Å². The lowest BCUT2D eigenvalue weighted by molar-refractivity contribution is 0.0764. The molecule has 8 heteroatoms. The number of benzene rings is 2. The van der Waals surface area contributed by atoms with Crippen LogP contribution in [0.2, 0.25) is 0 Å². The van der Waals surface area contributed by atoms with Crippen LogP contribution in [0.1, 0.15) is 57.4 Å². The molecular formula is C33H45N3O4S. The molecule has 4 fully saturated rings. The van der Waals surface area contributed by atoms with Crippen LogP contribution in [0.4, 0.5) is 10.5 Å². The number of amides is 1. The van der Waals surface area contributed by atoms with Crippen molar-refractivity contribution in [2.75, 3.05) is 44.7 Å². The van der Waals surface area contributed by atoms with E-state index < -0.39 is 9.84 Å². The number of anilines is 1. The lowest BCUT2D eigenvalue weighted by atomic mass is 9.59. The van der Waals surface area contributed by atoms with Crippen LogP contribution in [0.5, 0.6) is 0 Å². The van der Waals surface area contributed by atoms with Gasteiger partial charge in [-0.2, -0.15) is 0 Å². The minimum absolute atomic E-state index is 0.00194. The quantitative estimate of drug-likeness (QED) is 0.437. The fourth-order valence-electron chi connectivity index (χ4n) is 8.00. The molecule has 1 unspecified atom stereocenters. The van der Waals surface area contributed by atoms with Gasteiger partial charge in [-0.15, -0.1) is 0 Å². The van der Waals surface area contributed by atoms with Crippen LogP contribution >= 0.6 is 0 Å². The molecule has 0 bridgehead atoms. The Bertz CT molecular complexity index is 1300. The van der Waals surface area contributed by atoms with E-state index in [2.05, 4.69) is 52.4 Å². The Kier molecular flexibility index (Phi) is 8.07. The molecule has 41 heavy (non-hydrogen) atoms. The molecule has 7 nitrogen and oxygen atoms in total. The second-order valence-electron chi connectivity index (χ2n) is 13.0. The van der Waals surface area contributed by atoms with Crippen LogP contribution in [-0.4, -0.2) is 70.5 Å². The second-order valence-corrected chi connectivity index (χ2v) is 15.2. The number of nitrogens with one attached hydrogen (secondary N) is 1. The lowest BCUT2D eigenvalue weighted by Crippen LogP contribution is -2.54. The molecule has 2 aromatic carbocycles. The maximum atomic E-state index is 12.5. The Morgan fingerprint density at radius 3 is 2.27 bits per heavy atom. The van der Waals surface area contributed by atoms with E-state index in [1.807, 2.05) is 12.1 Å². The minimum atomic E-state index is -3.12.